The number of piperidine rings is 1. The number of carbonyl (C=O) groups excluding carboxylic acids is 3. The fraction of sp³-hybridized carbons (Fsp3) is 0.800. The molecule has 3 aliphatic rings. The molecule has 1 unspecified atom stereocenters. The monoisotopic (exact) mass is 340 g/mol. The molecule has 0 saturated carbocycles. The number of imide groups is 1. The fourth-order valence-electron chi connectivity index (χ4n) is 3.46. The maximum atomic E-state index is 12.5. The first-order valence-electron chi connectivity index (χ1n) is 8.27. The number of likely N-dealkylation sites (tertiary alicyclic amines) is 1. The van der Waals surface area contributed by atoms with Crippen LogP contribution in [0.1, 0.15) is 26.2 Å². The highest BCUT2D eigenvalue weighted by molar-refractivity contribution is 7.99. The quantitative estimate of drug-likeness (QED) is 0.705. The summed E-state index contributed by atoms with van der Waals surface area (Å²) in [6, 6.07) is -0.296. The third-order valence-corrected chi connectivity index (χ3v) is 6.16. The van der Waals surface area contributed by atoms with Gasteiger partial charge in [0.05, 0.1) is 0 Å². The SMILES string of the molecule is CCN1CCC(NC(=O)CN2C(=O)NC3(CCSC3)C2=O)CC1. The standard InChI is InChI=1S/C15H24N4O3S/c1-2-18-6-3-11(4-7-18)16-12(20)9-19-13(21)15(17-14(19)22)5-8-23-10-15/h11H,2-10H2,1H3,(H,16,20)(H,17,22). The van der Waals surface area contributed by atoms with Crippen molar-refractivity contribution in [3.05, 3.63) is 0 Å². The lowest BCUT2D eigenvalue weighted by molar-refractivity contribution is -0.134. The Labute approximate surface area is 140 Å². The van der Waals surface area contributed by atoms with Gasteiger partial charge >= 0.3 is 6.03 Å². The number of rotatable bonds is 4. The van der Waals surface area contributed by atoms with E-state index < -0.39 is 11.6 Å². The molecule has 1 spiro atoms. The number of urea groups is 1. The molecule has 3 fully saturated rings. The van der Waals surface area contributed by atoms with Crippen molar-refractivity contribution < 1.29 is 14.4 Å². The summed E-state index contributed by atoms with van der Waals surface area (Å²) in [4.78, 5) is 40.2. The molecule has 4 amide bonds. The van der Waals surface area contributed by atoms with Crippen molar-refractivity contribution in [1.82, 2.24) is 20.4 Å². The van der Waals surface area contributed by atoms with E-state index in [0.29, 0.717) is 12.2 Å². The van der Waals surface area contributed by atoms with Crippen LogP contribution in [0.2, 0.25) is 0 Å². The molecule has 128 valence electrons. The average Bonchev–Trinajstić information content (AvgIpc) is 3.09. The summed E-state index contributed by atoms with van der Waals surface area (Å²) in [5.41, 5.74) is -0.769. The second kappa shape index (κ2) is 6.68. The molecule has 3 rings (SSSR count). The topological polar surface area (TPSA) is 81.8 Å². The molecule has 8 heteroatoms. The van der Waals surface area contributed by atoms with Gasteiger partial charge in [0.2, 0.25) is 5.91 Å². The van der Waals surface area contributed by atoms with Crippen LogP contribution in [0.25, 0.3) is 0 Å². The van der Waals surface area contributed by atoms with Crippen LogP contribution in [0.15, 0.2) is 0 Å². The molecule has 0 aromatic rings. The maximum Gasteiger partial charge on any atom is 0.325 e. The van der Waals surface area contributed by atoms with Crippen LogP contribution >= 0.6 is 11.8 Å². The Morgan fingerprint density at radius 2 is 2.13 bits per heavy atom. The molecule has 7 nitrogen and oxygen atoms in total. The van der Waals surface area contributed by atoms with E-state index in [-0.39, 0.29) is 24.4 Å². The predicted molar refractivity (Wildman–Crippen MR) is 88.2 cm³/mol. The lowest BCUT2D eigenvalue weighted by Gasteiger charge is -2.31. The van der Waals surface area contributed by atoms with E-state index in [9.17, 15) is 14.4 Å². The summed E-state index contributed by atoms with van der Waals surface area (Å²) in [6.45, 7) is 4.94. The summed E-state index contributed by atoms with van der Waals surface area (Å²) in [7, 11) is 0. The first kappa shape index (κ1) is 16.6. The Kier molecular flexibility index (Phi) is 4.82. The molecule has 1 atom stereocenters. The zero-order valence-corrected chi connectivity index (χ0v) is 14.3. The molecule has 3 heterocycles. The van der Waals surface area contributed by atoms with Gasteiger partial charge in [-0.25, -0.2) is 4.79 Å². The van der Waals surface area contributed by atoms with E-state index in [2.05, 4.69) is 22.5 Å². The molecule has 3 aliphatic heterocycles. The van der Waals surface area contributed by atoms with E-state index >= 15 is 0 Å². The lowest BCUT2D eigenvalue weighted by Crippen LogP contribution is -2.49. The van der Waals surface area contributed by atoms with Gasteiger partial charge in [0.1, 0.15) is 12.1 Å². The van der Waals surface area contributed by atoms with Crippen molar-refractivity contribution >= 4 is 29.6 Å². The van der Waals surface area contributed by atoms with Crippen LogP contribution in [0.5, 0.6) is 0 Å². The van der Waals surface area contributed by atoms with Gasteiger partial charge in [-0.1, -0.05) is 6.92 Å². The smallest absolute Gasteiger partial charge is 0.325 e. The Bertz CT molecular complexity index is 499. The zero-order chi connectivity index (χ0) is 16.4. The second-order valence-electron chi connectivity index (χ2n) is 6.48. The first-order chi connectivity index (χ1) is 11.0. The van der Waals surface area contributed by atoms with Gasteiger partial charge < -0.3 is 15.5 Å². The van der Waals surface area contributed by atoms with Crippen molar-refractivity contribution in [1.29, 1.82) is 0 Å². The molecular formula is C15H24N4O3S. The summed E-state index contributed by atoms with van der Waals surface area (Å²) in [5.74, 6) is 0.974. The third kappa shape index (κ3) is 3.33. The van der Waals surface area contributed by atoms with Crippen LogP contribution < -0.4 is 10.6 Å². The minimum Gasteiger partial charge on any atom is -0.352 e. The molecule has 0 radical (unpaired) electrons. The van der Waals surface area contributed by atoms with Gasteiger partial charge in [0, 0.05) is 24.9 Å². The van der Waals surface area contributed by atoms with Crippen molar-refractivity contribution in [2.75, 3.05) is 37.7 Å². The normalized spacial score (nSPS) is 29.3. The van der Waals surface area contributed by atoms with Crippen molar-refractivity contribution in [2.45, 2.75) is 37.8 Å². The summed E-state index contributed by atoms with van der Waals surface area (Å²) >= 11 is 1.66. The number of thioether (sulfide) groups is 1. The minimum absolute atomic E-state index is 0.141. The van der Waals surface area contributed by atoms with Gasteiger partial charge in [-0.2, -0.15) is 11.8 Å². The summed E-state index contributed by atoms with van der Waals surface area (Å²) < 4.78 is 0. The maximum absolute atomic E-state index is 12.5. The molecule has 0 aromatic carbocycles. The van der Waals surface area contributed by atoms with Crippen molar-refractivity contribution in [3.8, 4) is 0 Å². The Morgan fingerprint density at radius 1 is 1.39 bits per heavy atom. The van der Waals surface area contributed by atoms with E-state index in [4.69, 9.17) is 0 Å². The van der Waals surface area contributed by atoms with Gasteiger partial charge in [-0.15, -0.1) is 0 Å². The van der Waals surface area contributed by atoms with Gasteiger partial charge in [-0.3, -0.25) is 14.5 Å². The number of carbonyl (C=O) groups is 3. The van der Waals surface area contributed by atoms with Crippen molar-refractivity contribution in [3.63, 3.8) is 0 Å². The first-order valence-corrected chi connectivity index (χ1v) is 9.43. The minimum atomic E-state index is -0.769. The van der Waals surface area contributed by atoms with E-state index in [1.807, 2.05) is 0 Å². The van der Waals surface area contributed by atoms with E-state index in [1.165, 1.54) is 0 Å². The van der Waals surface area contributed by atoms with Gasteiger partial charge in [0.15, 0.2) is 0 Å². The lowest BCUT2D eigenvalue weighted by atomic mass is 9.99. The van der Waals surface area contributed by atoms with Crippen molar-refractivity contribution in [2.24, 2.45) is 0 Å². The third-order valence-electron chi connectivity index (χ3n) is 4.97. The molecule has 2 N–H and O–H groups in total. The highest BCUT2D eigenvalue weighted by Crippen LogP contribution is 2.33. The van der Waals surface area contributed by atoms with Gasteiger partial charge in [-0.05, 0) is 31.6 Å². The highest BCUT2D eigenvalue weighted by atomic mass is 32.2. The number of nitrogens with zero attached hydrogens (tertiary/aromatic N) is 2. The zero-order valence-electron chi connectivity index (χ0n) is 13.5. The number of amides is 4. The van der Waals surface area contributed by atoms with E-state index in [0.717, 1.165) is 43.1 Å². The molecule has 0 bridgehead atoms. The number of nitrogens with one attached hydrogen (secondary N) is 2. The Morgan fingerprint density at radius 3 is 2.74 bits per heavy atom. The van der Waals surface area contributed by atoms with Crippen LogP contribution in [0.3, 0.4) is 0 Å². The Hall–Kier alpha value is -1.28. The molecule has 3 saturated heterocycles. The highest BCUT2D eigenvalue weighted by Gasteiger charge is 2.53. The average molecular weight is 340 g/mol. The largest absolute Gasteiger partial charge is 0.352 e. The molecule has 23 heavy (non-hydrogen) atoms. The second-order valence-corrected chi connectivity index (χ2v) is 7.59. The predicted octanol–water partition coefficient (Wildman–Crippen LogP) is 0.0144. The number of hydrogen-bond donors (Lipinski definition) is 2. The van der Waals surface area contributed by atoms with Crippen LogP contribution in [-0.4, -0.2) is 76.9 Å². The Balaban J connectivity index is 1.52. The molecular weight excluding hydrogens is 316 g/mol. The summed E-state index contributed by atoms with van der Waals surface area (Å²) in [5, 5.41) is 5.75. The van der Waals surface area contributed by atoms with E-state index in [1.54, 1.807) is 11.8 Å². The fourth-order valence-corrected chi connectivity index (χ4v) is 4.79. The molecule has 0 aromatic heterocycles. The van der Waals surface area contributed by atoms with Crippen LogP contribution in [0.4, 0.5) is 4.79 Å². The number of hydrogen-bond acceptors (Lipinski definition) is 5. The molecule has 0 aliphatic carbocycles. The van der Waals surface area contributed by atoms with Crippen LogP contribution in [0, 0.1) is 0 Å². The van der Waals surface area contributed by atoms with Gasteiger partial charge in [0.25, 0.3) is 5.91 Å². The summed E-state index contributed by atoms with van der Waals surface area (Å²) in [6.07, 6.45) is 2.48. The van der Waals surface area contributed by atoms with Crippen LogP contribution in [-0.2, 0) is 9.59 Å².